The van der Waals surface area contributed by atoms with Crippen LogP contribution in [0.25, 0.3) is 0 Å². The smallest absolute Gasteiger partial charge is 0.165 e. The molecule has 3 nitrogen and oxygen atoms in total. The molecule has 0 bridgehead atoms. The zero-order valence-corrected chi connectivity index (χ0v) is 12.0. The molecule has 1 saturated heterocycles. The van der Waals surface area contributed by atoms with Gasteiger partial charge in [-0.25, -0.2) is 4.39 Å². The number of piperazine rings is 1. The molecule has 4 heteroatoms. The molecule has 1 aliphatic carbocycles. The Morgan fingerprint density at radius 3 is 2.60 bits per heavy atom. The summed E-state index contributed by atoms with van der Waals surface area (Å²) in [7, 11) is 0. The fourth-order valence-corrected chi connectivity index (χ4v) is 3.45. The van der Waals surface area contributed by atoms with E-state index in [2.05, 4.69) is 10.2 Å². The minimum atomic E-state index is -0.487. The molecule has 1 aliphatic heterocycles. The van der Waals surface area contributed by atoms with Gasteiger partial charge in [0.2, 0.25) is 0 Å². The Labute approximate surface area is 119 Å². The molecule has 20 heavy (non-hydrogen) atoms. The van der Waals surface area contributed by atoms with Crippen LogP contribution in [0, 0.1) is 18.7 Å². The molecule has 1 heterocycles. The Hall–Kier alpha value is -1.13. The van der Waals surface area contributed by atoms with Gasteiger partial charge in [-0.2, -0.15) is 0 Å². The van der Waals surface area contributed by atoms with Crippen molar-refractivity contribution in [3.8, 4) is 5.75 Å². The number of benzene rings is 1. The quantitative estimate of drug-likeness (QED) is 0.892. The van der Waals surface area contributed by atoms with Crippen LogP contribution in [0.5, 0.6) is 5.75 Å². The van der Waals surface area contributed by atoms with Gasteiger partial charge in [0.05, 0.1) is 0 Å². The molecular weight excluding hydrogens is 255 g/mol. The maximum absolute atomic E-state index is 13.9. The summed E-state index contributed by atoms with van der Waals surface area (Å²) in [6.07, 6.45) is 3.62. The Bertz CT molecular complexity index is 482. The van der Waals surface area contributed by atoms with Gasteiger partial charge in [0.25, 0.3) is 0 Å². The average molecular weight is 278 g/mol. The SMILES string of the molecule is Cc1cc(F)c(O)c([C@H](C2CCC2)N2CCNCC2)c1. The molecule has 0 amide bonds. The molecule has 0 aromatic heterocycles. The van der Waals surface area contributed by atoms with Gasteiger partial charge in [-0.05, 0) is 37.3 Å². The molecule has 1 aromatic rings. The first kappa shape index (κ1) is 13.8. The molecular formula is C16H23FN2O. The molecule has 2 aliphatic rings. The van der Waals surface area contributed by atoms with Crippen molar-refractivity contribution in [3.05, 3.63) is 29.1 Å². The van der Waals surface area contributed by atoms with Crippen LogP contribution in [-0.4, -0.2) is 36.2 Å². The number of phenolic OH excluding ortho intramolecular Hbond substituents is 1. The highest BCUT2D eigenvalue weighted by molar-refractivity contribution is 5.40. The highest BCUT2D eigenvalue weighted by atomic mass is 19.1. The summed E-state index contributed by atoms with van der Waals surface area (Å²) in [5, 5.41) is 13.5. The predicted molar refractivity (Wildman–Crippen MR) is 77.3 cm³/mol. The molecule has 1 aromatic carbocycles. The van der Waals surface area contributed by atoms with E-state index >= 15 is 0 Å². The third-order valence-corrected chi connectivity index (χ3v) is 4.70. The van der Waals surface area contributed by atoms with E-state index in [1.165, 1.54) is 25.3 Å². The second-order valence-corrected chi connectivity index (χ2v) is 6.11. The summed E-state index contributed by atoms with van der Waals surface area (Å²) < 4.78 is 13.9. The number of hydrogen-bond acceptors (Lipinski definition) is 3. The van der Waals surface area contributed by atoms with Crippen molar-refractivity contribution < 1.29 is 9.50 Å². The van der Waals surface area contributed by atoms with Gasteiger partial charge < -0.3 is 10.4 Å². The summed E-state index contributed by atoms with van der Waals surface area (Å²) in [6.45, 7) is 5.77. The molecule has 1 atom stereocenters. The topological polar surface area (TPSA) is 35.5 Å². The minimum absolute atomic E-state index is 0.147. The zero-order chi connectivity index (χ0) is 14.1. The first-order chi connectivity index (χ1) is 9.66. The summed E-state index contributed by atoms with van der Waals surface area (Å²) in [5.41, 5.74) is 1.67. The standard InChI is InChI=1S/C16H23FN2O/c1-11-9-13(16(20)14(17)10-11)15(12-3-2-4-12)19-7-5-18-6-8-19/h9-10,12,15,18,20H,2-8H2,1H3/t15-/m0/s1. The third kappa shape index (κ3) is 2.54. The lowest BCUT2D eigenvalue weighted by Gasteiger charge is -2.43. The van der Waals surface area contributed by atoms with E-state index in [1.54, 1.807) is 0 Å². The Balaban J connectivity index is 1.96. The van der Waals surface area contributed by atoms with Crippen LogP contribution < -0.4 is 5.32 Å². The van der Waals surface area contributed by atoms with Crippen LogP contribution in [-0.2, 0) is 0 Å². The lowest BCUT2D eigenvalue weighted by atomic mass is 9.76. The first-order valence-corrected chi connectivity index (χ1v) is 7.60. The van der Waals surface area contributed by atoms with Crippen molar-refractivity contribution in [2.45, 2.75) is 32.2 Å². The number of phenols is 1. The van der Waals surface area contributed by atoms with Crippen molar-refractivity contribution in [2.75, 3.05) is 26.2 Å². The van der Waals surface area contributed by atoms with Crippen molar-refractivity contribution in [3.63, 3.8) is 0 Å². The fraction of sp³-hybridized carbons (Fsp3) is 0.625. The van der Waals surface area contributed by atoms with Crippen LogP contribution >= 0.6 is 0 Å². The van der Waals surface area contributed by atoms with Crippen LogP contribution in [0.2, 0.25) is 0 Å². The van der Waals surface area contributed by atoms with Gasteiger partial charge in [-0.1, -0.05) is 12.5 Å². The molecule has 0 unspecified atom stereocenters. The number of hydrogen-bond donors (Lipinski definition) is 2. The second-order valence-electron chi connectivity index (χ2n) is 6.11. The summed E-state index contributed by atoms with van der Waals surface area (Å²) in [6, 6.07) is 3.54. The van der Waals surface area contributed by atoms with Crippen molar-refractivity contribution >= 4 is 0 Å². The van der Waals surface area contributed by atoms with E-state index in [-0.39, 0.29) is 11.8 Å². The molecule has 1 saturated carbocycles. The molecule has 0 spiro atoms. The number of aromatic hydroxyl groups is 1. The van der Waals surface area contributed by atoms with Crippen LogP contribution in [0.1, 0.15) is 36.4 Å². The van der Waals surface area contributed by atoms with Gasteiger partial charge in [0.15, 0.2) is 11.6 Å². The van der Waals surface area contributed by atoms with Crippen LogP contribution in [0.4, 0.5) is 4.39 Å². The van der Waals surface area contributed by atoms with Crippen LogP contribution in [0.15, 0.2) is 12.1 Å². The molecule has 3 rings (SSSR count). The number of rotatable bonds is 3. The largest absolute Gasteiger partial charge is 0.505 e. The highest BCUT2D eigenvalue weighted by Crippen LogP contribution is 2.44. The molecule has 2 fully saturated rings. The fourth-order valence-electron chi connectivity index (χ4n) is 3.45. The normalized spacial score (nSPS) is 22.5. The summed E-state index contributed by atoms with van der Waals surface area (Å²) in [4.78, 5) is 2.41. The second kappa shape index (κ2) is 5.70. The van der Waals surface area contributed by atoms with E-state index in [1.807, 2.05) is 13.0 Å². The lowest BCUT2D eigenvalue weighted by molar-refractivity contribution is 0.0815. The number of nitrogens with one attached hydrogen (secondary N) is 1. The first-order valence-electron chi connectivity index (χ1n) is 7.60. The van der Waals surface area contributed by atoms with E-state index in [0.29, 0.717) is 5.92 Å². The van der Waals surface area contributed by atoms with Crippen molar-refractivity contribution in [1.82, 2.24) is 10.2 Å². The average Bonchev–Trinajstić information content (AvgIpc) is 2.39. The Kier molecular flexibility index (Phi) is 3.94. The van der Waals surface area contributed by atoms with Gasteiger partial charge in [-0.3, -0.25) is 4.90 Å². The van der Waals surface area contributed by atoms with Gasteiger partial charge in [0.1, 0.15) is 0 Å². The van der Waals surface area contributed by atoms with E-state index in [0.717, 1.165) is 37.3 Å². The lowest BCUT2D eigenvalue weighted by Crippen LogP contribution is -2.47. The van der Waals surface area contributed by atoms with Crippen molar-refractivity contribution in [1.29, 1.82) is 0 Å². The zero-order valence-electron chi connectivity index (χ0n) is 12.0. The van der Waals surface area contributed by atoms with Crippen molar-refractivity contribution in [2.24, 2.45) is 5.92 Å². The monoisotopic (exact) mass is 278 g/mol. The van der Waals surface area contributed by atoms with E-state index in [4.69, 9.17) is 0 Å². The molecule has 2 N–H and O–H groups in total. The summed E-state index contributed by atoms with van der Waals surface area (Å²) in [5.74, 6) is -0.0781. The maximum Gasteiger partial charge on any atom is 0.165 e. The predicted octanol–water partition coefficient (Wildman–Crippen LogP) is 2.59. The summed E-state index contributed by atoms with van der Waals surface area (Å²) >= 11 is 0. The number of aryl methyl sites for hydroxylation is 1. The van der Waals surface area contributed by atoms with Crippen LogP contribution in [0.3, 0.4) is 0 Å². The molecule has 110 valence electrons. The third-order valence-electron chi connectivity index (χ3n) is 4.70. The number of nitrogens with zero attached hydrogens (tertiary/aromatic N) is 1. The van der Waals surface area contributed by atoms with Gasteiger partial charge >= 0.3 is 0 Å². The Morgan fingerprint density at radius 1 is 1.30 bits per heavy atom. The maximum atomic E-state index is 13.9. The highest BCUT2D eigenvalue weighted by Gasteiger charge is 2.35. The number of halogens is 1. The van der Waals surface area contributed by atoms with E-state index in [9.17, 15) is 9.50 Å². The van der Waals surface area contributed by atoms with Gasteiger partial charge in [-0.15, -0.1) is 0 Å². The Morgan fingerprint density at radius 2 is 2.00 bits per heavy atom. The van der Waals surface area contributed by atoms with E-state index < -0.39 is 5.82 Å². The minimum Gasteiger partial charge on any atom is -0.505 e. The molecule has 0 radical (unpaired) electrons. The van der Waals surface area contributed by atoms with Gasteiger partial charge in [0, 0.05) is 37.8 Å².